The molecule has 2 rings (SSSR count). The van der Waals surface area contributed by atoms with E-state index in [0.717, 1.165) is 5.56 Å². The number of aromatic amines is 1. The van der Waals surface area contributed by atoms with Crippen LogP contribution in [0.3, 0.4) is 0 Å². The van der Waals surface area contributed by atoms with Gasteiger partial charge in [0.05, 0.1) is 5.02 Å². The van der Waals surface area contributed by atoms with Gasteiger partial charge in [-0.05, 0) is 31.4 Å². The van der Waals surface area contributed by atoms with Crippen LogP contribution in [-0.2, 0) is 11.2 Å². The third-order valence-corrected chi connectivity index (χ3v) is 4.77. The minimum Gasteiger partial charge on any atom is -0.370 e. The van der Waals surface area contributed by atoms with Gasteiger partial charge in [-0.25, -0.2) is 0 Å². The quantitative estimate of drug-likeness (QED) is 0.776. The molecule has 2 amide bonds. The van der Waals surface area contributed by atoms with Gasteiger partial charge in [-0.1, -0.05) is 41.9 Å². The van der Waals surface area contributed by atoms with Crippen molar-refractivity contribution >= 4 is 23.4 Å². The number of aromatic nitrogens is 1. The van der Waals surface area contributed by atoms with E-state index in [2.05, 4.69) is 4.98 Å². The number of nitrogens with one attached hydrogen (secondary N) is 1. The smallest absolute Gasteiger partial charge is 0.261 e. The summed E-state index contributed by atoms with van der Waals surface area (Å²) in [6, 6.07) is 9.66. The van der Waals surface area contributed by atoms with Gasteiger partial charge in [0.15, 0.2) is 0 Å². The van der Waals surface area contributed by atoms with E-state index in [-0.39, 0.29) is 18.5 Å². The van der Waals surface area contributed by atoms with Crippen LogP contribution in [-0.4, -0.2) is 34.8 Å². The second-order valence-corrected chi connectivity index (χ2v) is 6.52. The van der Waals surface area contributed by atoms with Crippen molar-refractivity contribution in [3.63, 3.8) is 0 Å². The summed E-state index contributed by atoms with van der Waals surface area (Å²) < 4.78 is 0. The summed E-state index contributed by atoms with van der Waals surface area (Å²) in [5.41, 5.74) is 6.73. The largest absolute Gasteiger partial charge is 0.370 e. The zero-order valence-electron chi connectivity index (χ0n) is 14.8. The Morgan fingerprint density at radius 3 is 2.42 bits per heavy atom. The van der Waals surface area contributed by atoms with E-state index in [1.807, 2.05) is 30.3 Å². The molecule has 2 aromatic rings. The molecule has 26 heavy (non-hydrogen) atoms. The second-order valence-electron chi connectivity index (χ2n) is 6.14. The molecule has 6 nitrogen and oxygen atoms in total. The maximum atomic E-state index is 13.0. The van der Waals surface area contributed by atoms with Gasteiger partial charge >= 0.3 is 0 Å². The Morgan fingerprint density at radius 2 is 1.81 bits per heavy atom. The number of hydrogen-bond acceptors (Lipinski definition) is 3. The van der Waals surface area contributed by atoms with Crippen LogP contribution in [0.15, 0.2) is 35.1 Å². The van der Waals surface area contributed by atoms with Crippen molar-refractivity contribution < 1.29 is 9.59 Å². The number of hydrogen-bond donors (Lipinski definition) is 2. The topological polar surface area (TPSA) is 96.3 Å². The molecular weight excluding hydrogens is 354 g/mol. The monoisotopic (exact) mass is 375 g/mol. The number of aryl methyl sites for hydroxylation is 1. The zero-order valence-corrected chi connectivity index (χ0v) is 15.6. The van der Waals surface area contributed by atoms with E-state index in [0.29, 0.717) is 29.2 Å². The molecule has 1 aromatic carbocycles. The number of rotatable bonds is 7. The van der Waals surface area contributed by atoms with Crippen LogP contribution >= 0.6 is 11.6 Å². The summed E-state index contributed by atoms with van der Waals surface area (Å²) in [6.07, 6.45) is 0.624. The normalized spacial score (nSPS) is 10.6. The van der Waals surface area contributed by atoms with E-state index < -0.39 is 17.4 Å². The number of amides is 2. The Bertz CT molecular complexity index is 862. The lowest BCUT2D eigenvalue weighted by molar-refractivity contribution is -0.118. The summed E-state index contributed by atoms with van der Waals surface area (Å²) in [5.74, 6) is -0.960. The molecule has 0 bridgehead atoms. The van der Waals surface area contributed by atoms with Crippen LogP contribution < -0.4 is 11.3 Å². The maximum absolute atomic E-state index is 13.0. The number of halogens is 1. The highest BCUT2D eigenvalue weighted by Gasteiger charge is 2.23. The Balaban J connectivity index is 2.29. The van der Waals surface area contributed by atoms with Crippen molar-refractivity contribution in [1.29, 1.82) is 0 Å². The van der Waals surface area contributed by atoms with E-state index in [4.69, 9.17) is 17.3 Å². The maximum Gasteiger partial charge on any atom is 0.261 e. The van der Waals surface area contributed by atoms with Crippen LogP contribution in [0.25, 0.3) is 0 Å². The summed E-state index contributed by atoms with van der Waals surface area (Å²) in [4.78, 5) is 40.5. The number of H-pyrrole nitrogens is 1. The van der Waals surface area contributed by atoms with Crippen molar-refractivity contribution in [3.8, 4) is 0 Å². The summed E-state index contributed by atoms with van der Waals surface area (Å²) >= 11 is 6.19. The minimum absolute atomic E-state index is 0.00173. The number of pyridine rings is 1. The fourth-order valence-electron chi connectivity index (χ4n) is 2.73. The van der Waals surface area contributed by atoms with E-state index in [1.165, 1.54) is 4.90 Å². The van der Waals surface area contributed by atoms with Gasteiger partial charge in [-0.15, -0.1) is 0 Å². The van der Waals surface area contributed by atoms with E-state index in [1.54, 1.807) is 13.8 Å². The number of carbonyl (C=O) groups is 2. The summed E-state index contributed by atoms with van der Waals surface area (Å²) in [5, 5.41) is 0.353. The van der Waals surface area contributed by atoms with Crippen molar-refractivity contribution in [2.75, 3.05) is 13.1 Å². The molecule has 1 aromatic heterocycles. The Labute approximate surface area is 157 Å². The van der Waals surface area contributed by atoms with Crippen LogP contribution in [0, 0.1) is 13.8 Å². The third kappa shape index (κ3) is 4.73. The lowest BCUT2D eigenvalue weighted by Gasteiger charge is -2.23. The average Bonchev–Trinajstić information content (AvgIpc) is 2.60. The first kappa shape index (κ1) is 19.7. The van der Waals surface area contributed by atoms with Gasteiger partial charge in [0.25, 0.3) is 11.5 Å². The van der Waals surface area contributed by atoms with Crippen LogP contribution in [0.1, 0.15) is 33.6 Å². The van der Waals surface area contributed by atoms with Crippen molar-refractivity contribution in [3.05, 3.63) is 68.1 Å². The van der Waals surface area contributed by atoms with Crippen LogP contribution in [0.5, 0.6) is 0 Å². The zero-order chi connectivity index (χ0) is 19.3. The molecule has 138 valence electrons. The average molecular weight is 376 g/mol. The van der Waals surface area contributed by atoms with Gasteiger partial charge in [0.1, 0.15) is 5.56 Å². The van der Waals surface area contributed by atoms with Gasteiger partial charge in [0, 0.05) is 25.2 Å². The van der Waals surface area contributed by atoms with Gasteiger partial charge in [0.2, 0.25) is 5.91 Å². The standard InChI is InChI=1S/C19H22ClN3O3/c1-12-16(18(25)22-13(2)17(12)20)19(26)23(11-9-15(21)24)10-8-14-6-4-3-5-7-14/h3-7H,8-11H2,1-2H3,(H2,21,24)(H,22,25). The molecule has 0 unspecified atom stereocenters. The number of nitrogens with two attached hydrogens (primary N) is 1. The molecular formula is C19H22ClN3O3. The fourth-order valence-corrected chi connectivity index (χ4v) is 2.88. The molecule has 0 saturated heterocycles. The van der Waals surface area contributed by atoms with Crippen LogP contribution in [0.2, 0.25) is 5.02 Å². The van der Waals surface area contributed by atoms with Crippen molar-refractivity contribution in [2.24, 2.45) is 5.73 Å². The molecule has 0 aliphatic heterocycles. The Kier molecular flexibility index (Phi) is 6.58. The van der Waals surface area contributed by atoms with Crippen molar-refractivity contribution in [1.82, 2.24) is 9.88 Å². The SMILES string of the molecule is Cc1[nH]c(=O)c(C(=O)N(CCC(N)=O)CCc2ccccc2)c(C)c1Cl. The molecule has 0 aliphatic rings. The molecule has 0 spiro atoms. The molecule has 0 radical (unpaired) electrons. The number of nitrogens with zero attached hydrogens (tertiary/aromatic N) is 1. The van der Waals surface area contributed by atoms with Crippen molar-refractivity contribution in [2.45, 2.75) is 26.7 Å². The molecule has 0 atom stereocenters. The highest BCUT2D eigenvalue weighted by atomic mass is 35.5. The number of benzene rings is 1. The first-order chi connectivity index (χ1) is 12.3. The van der Waals surface area contributed by atoms with Gasteiger partial charge < -0.3 is 15.6 Å². The summed E-state index contributed by atoms with van der Waals surface area (Å²) in [6.45, 7) is 3.82. The number of primary amides is 1. The molecule has 1 heterocycles. The highest BCUT2D eigenvalue weighted by Crippen LogP contribution is 2.20. The molecule has 3 N–H and O–H groups in total. The van der Waals surface area contributed by atoms with Gasteiger partial charge in [-0.3, -0.25) is 14.4 Å². The number of carbonyl (C=O) groups excluding carboxylic acids is 2. The fraction of sp³-hybridized carbons (Fsp3) is 0.316. The molecule has 0 aliphatic carbocycles. The highest BCUT2D eigenvalue weighted by molar-refractivity contribution is 6.32. The lowest BCUT2D eigenvalue weighted by atomic mass is 10.1. The first-order valence-corrected chi connectivity index (χ1v) is 8.69. The van der Waals surface area contributed by atoms with Crippen LogP contribution in [0.4, 0.5) is 0 Å². The predicted molar refractivity (Wildman–Crippen MR) is 101 cm³/mol. The predicted octanol–water partition coefficient (Wildman–Crippen LogP) is 2.21. The molecule has 7 heteroatoms. The third-order valence-electron chi connectivity index (χ3n) is 4.20. The minimum atomic E-state index is -0.505. The first-order valence-electron chi connectivity index (χ1n) is 8.31. The molecule has 0 saturated carbocycles. The molecule has 0 fully saturated rings. The van der Waals surface area contributed by atoms with E-state index >= 15 is 0 Å². The lowest BCUT2D eigenvalue weighted by Crippen LogP contribution is -2.39. The second kappa shape index (κ2) is 8.67. The van der Waals surface area contributed by atoms with Gasteiger partial charge in [-0.2, -0.15) is 0 Å². The van der Waals surface area contributed by atoms with E-state index in [9.17, 15) is 14.4 Å². The Hall–Kier alpha value is -2.60. The summed E-state index contributed by atoms with van der Waals surface area (Å²) in [7, 11) is 0. The Morgan fingerprint density at radius 1 is 1.15 bits per heavy atom.